The lowest BCUT2D eigenvalue weighted by molar-refractivity contribution is -0.140. The summed E-state index contributed by atoms with van der Waals surface area (Å²) in [4.78, 5) is 28.6. The number of likely N-dealkylation sites (N-methyl/N-ethyl adjacent to an activating group) is 1. The first-order valence-electron chi connectivity index (χ1n) is 10.2. The second-order valence-corrected chi connectivity index (χ2v) is 9.58. The minimum absolute atomic E-state index is 0.156. The van der Waals surface area contributed by atoms with Crippen molar-refractivity contribution in [3.8, 4) is 0 Å². The van der Waals surface area contributed by atoms with Crippen LogP contribution in [0.25, 0.3) is 0 Å². The molecule has 1 N–H and O–H groups in total. The molecule has 0 aliphatic carbocycles. The van der Waals surface area contributed by atoms with Crippen LogP contribution in [0, 0.1) is 0 Å². The van der Waals surface area contributed by atoms with Crippen LogP contribution >= 0.6 is 0 Å². The number of piperidine rings is 1. The first-order valence-corrected chi connectivity index (χ1v) is 11.6. The molecule has 2 aliphatic rings. The Labute approximate surface area is 178 Å². The first kappa shape index (κ1) is 22.8. The van der Waals surface area contributed by atoms with Crippen LogP contribution in [0.4, 0.5) is 0 Å². The highest BCUT2D eigenvalue weighted by Gasteiger charge is 2.42. The third-order valence-corrected chi connectivity index (χ3v) is 7.34. The van der Waals surface area contributed by atoms with Gasteiger partial charge in [-0.2, -0.15) is 17.4 Å². The second-order valence-electron chi connectivity index (χ2n) is 7.77. The van der Waals surface area contributed by atoms with Crippen molar-refractivity contribution in [1.29, 1.82) is 0 Å². The van der Waals surface area contributed by atoms with Crippen LogP contribution in [0.2, 0.25) is 0 Å². The van der Waals surface area contributed by atoms with Gasteiger partial charge in [-0.1, -0.05) is 30.3 Å². The average molecular weight is 439 g/mol. The highest BCUT2D eigenvalue weighted by Crippen LogP contribution is 2.24. The van der Waals surface area contributed by atoms with Gasteiger partial charge < -0.3 is 4.74 Å². The molecule has 9 nitrogen and oxygen atoms in total. The smallest absolute Gasteiger partial charge is 0.279 e. The zero-order valence-corrected chi connectivity index (χ0v) is 18.3. The number of ether oxygens (including phenoxy) is 1. The van der Waals surface area contributed by atoms with E-state index in [0.29, 0.717) is 39.1 Å². The standard InChI is InChI=1S/C20H30N4O5S/c1-22(12-13-29-2)30(27,28)21-17-8-10-23(11-9-17)18-14-19(25)24(20(18)26)15-16-6-4-3-5-7-16/h3-7,17-18,21H,8-15H2,1-2H3. The molecule has 10 heteroatoms. The molecule has 2 aliphatic heterocycles. The van der Waals surface area contributed by atoms with Crippen molar-refractivity contribution >= 4 is 22.0 Å². The predicted octanol–water partition coefficient (Wildman–Crippen LogP) is 0.191. The molecule has 2 amide bonds. The molecule has 1 aromatic carbocycles. The molecule has 0 bridgehead atoms. The van der Waals surface area contributed by atoms with Gasteiger partial charge in [0.05, 0.1) is 25.6 Å². The summed E-state index contributed by atoms with van der Waals surface area (Å²) in [5.41, 5.74) is 0.922. The van der Waals surface area contributed by atoms with Gasteiger partial charge >= 0.3 is 0 Å². The number of benzene rings is 1. The van der Waals surface area contributed by atoms with Crippen LogP contribution in [0.15, 0.2) is 30.3 Å². The van der Waals surface area contributed by atoms with Gasteiger partial charge in [-0.3, -0.25) is 19.4 Å². The molecule has 0 spiro atoms. The number of imide groups is 1. The maximum atomic E-state index is 12.9. The van der Waals surface area contributed by atoms with E-state index < -0.39 is 16.3 Å². The molecule has 1 unspecified atom stereocenters. The Morgan fingerprint density at radius 1 is 1.17 bits per heavy atom. The van der Waals surface area contributed by atoms with E-state index in [4.69, 9.17) is 4.74 Å². The lowest BCUT2D eigenvalue weighted by atomic mass is 10.0. The maximum Gasteiger partial charge on any atom is 0.279 e. The summed E-state index contributed by atoms with van der Waals surface area (Å²) >= 11 is 0. The van der Waals surface area contributed by atoms with Gasteiger partial charge in [0.2, 0.25) is 11.8 Å². The second kappa shape index (κ2) is 9.97. The molecular formula is C20H30N4O5S. The van der Waals surface area contributed by atoms with Crippen LogP contribution in [0.3, 0.4) is 0 Å². The molecule has 1 aromatic rings. The molecule has 0 radical (unpaired) electrons. The topological polar surface area (TPSA) is 99.3 Å². The molecular weight excluding hydrogens is 408 g/mol. The van der Waals surface area contributed by atoms with Crippen molar-refractivity contribution in [1.82, 2.24) is 18.8 Å². The van der Waals surface area contributed by atoms with Crippen molar-refractivity contribution in [3.05, 3.63) is 35.9 Å². The van der Waals surface area contributed by atoms with Gasteiger partial charge in [0.15, 0.2) is 0 Å². The largest absolute Gasteiger partial charge is 0.383 e. The zero-order chi connectivity index (χ0) is 21.7. The maximum absolute atomic E-state index is 12.9. The Morgan fingerprint density at radius 2 is 1.83 bits per heavy atom. The van der Waals surface area contributed by atoms with E-state index in [0.717, 1.165) is 5.56 Å². The Balaban J connectivity index is 1.52. The fourth-order valence-electron chi connectivity index (χ4n) is 3.85. The van der Waals surface area contributed by atoms with Gasteiger partial charge in [0, 0.05) is 39.8 Å². The van der Waals surface area contributed by atoms with Crippen molar-refractivity contribution in [2.45, 2.75) is 37.9 Å². The molecule has 2 heterocycles. The van der Waals surface area contributed by atoms with Crippen molar-refractivity contribution in [2.24, 2.45) is 0 Å². The number of nitrogens with zero attached hydrogens (tertiary/aromatic N) is 3. The average Bonchev–Trinajstić information content (AvgIpc) is 3.01. The van der Waals surface area contributed by atoms with Crippen molar-refractivity contribution in [2.75, 3.05) is 40.4 Å². The zero-order valence-electron chi connectivity index (χ0n) is 17.5. The van der Waals surface area contributed by atoms with Gasteiger partial charge in [0.25, 0.3) is 10.2 Å². The monoisotopic (exact) mass is 438 g/mol. The normalized spacial score (nSPS) is 21.7. The van der Waals surface area contributed by atoms with E-state index in [-0.39, 0.29) is 30.8 Å². The number of carbonyl (C=O) groups is 2. The van der Waals surface area contributed by atoms with E-state index in [1.165, 1.54) is 23.4 Å². The summed E-state index contributed by atoms with van der Waals surface area (Å²) in [5.74, 6) is -0.321. The van der Waals surface area contributed by atoms with E-state index in [1.807, 2.05) is 35.2 Å². The number of carbonyl (C=O) groups excluding carboxylic acids is 2. The number of methoxy groups -OCH3 is 1. The van der Waals surface area contributed by atoms with Crippen LogP contribution < -0.4 is 4.72 Å². The summed E-state index contributed by atoms with van der Waals surface area (Å²) in [6.45, 7) is 2.03. The molecule has 1 atom stereocenters. The number of hydrogen-bond acceptors (Lipinski definition) is 6. The van der Waals surface area contributed by atoms with E-state index in [9.17, 15) is 18.0 Å². The van der Waals surface area contributed by atoms with Crippen molar-refractivity contribution in [3.63, 3.8) is 0 Å². The summed E-state index contributed by atoms with van der Waals surface area (Å²) in [6, 6.07) is 8.82. The predicted molar refractivity (Wildman–Crippen MR) is 112 cm³/mol. The van der Waals surface area contributed by atoms with Gasteiger partial charge in [-0.05, 0) is 18.4 Å². The van der Waals surface area contributed by atoms with Crippen LogP contribution in [0.5, 0.6) is 0 Å². The van der Waals surface area contributed by atoms with E-state index >= 15 is 0 Å². The third-order valence-electron chi connectivity index (χ3n) is 5.71. The van der Waals surface area contributed by atoms with E-state index in [1.54, 1.807) is 0 Å². The summed E-state index contributed by atoms with van der Waals surface area (Å²) in [7, 11) is -0.534. The fraction of sp³-hybridized carbons (Fsp3) is 0.600. The molecule has 166 valence electrons. The molecule has 0 saturated carbocycles. The highest BCUT2D eigenvalue weighted by atomic mass is 32.2. The number of likely N-dealkylation sites (tertiary alicyclic amines) is 2. The third kappa shape index (κ3) is 5.44. The van der Waals surface area contributed by atoms with E-state index in [2.05, 4.69) is 4.72 Å². The van der Waals surface area contributed by atoms with Crippen molar-refractivity contribution < 1.29 is 22.7 Å². The summed E-state index contributed by atoms with van der Waals surface area (Å²) < 4.78 is 33.7. The Hall–Kier alpha value is -1.85. The van der Waals surface area contributed by atoms with Gasteiger partial charge in [-0.15, -0.1) is 0 Å². The summed E-state index contributed by atoms with van der Waals surface area (Å²) in [5, 5.41) is 0. The molecule has 30 heavy (non-hydrogen) atoms. The number of hydrogen-bond donors (Lipinski definition) is 1. The summed E-state index contributed by atoms with van der Waals surface area (Å²) in [6.07, 6.45) is 1.36. The molecule has 0 aromatic heterocycles. The SMILES string of the molecule is COCCN(C)S(=O)(=O)NC1CCN(C2CC(=O)N(Cc3ccccc3)C2=O)CC1. The lowest BCUT2D eigenvalue weighted by Gasteiger charge is -2.35. The molecule has 2 fully saturated rings. The van der Waals surface area contributed by atoms with Crippen LogP contribution in [-0.2, 0) is 31.1 Å². The quantitative estimate of drug-likeness (QED) is 0.553. The van der Waals surface area contributed by atoms with Gasteiger partial charge in [-0.25, -0.2) is 0 Å². The Kier molecular flexibility index (Phi) is 7.59. The molecule has 3 rings (SSSR count). The molecule has 2 saturated heterocycles. The number of rotatable bonds is 9. The Bertz CT molecular complexity index is 840. The Morgan fingerprint density at radius 3 is 2.47 bits per heavy atom. The number of nitrogens with one attached hydrogen (secondary N) is 1. The first-order chi connectivity index (χ1) is 14.3. The van der Waals surface area contributed by atoms with Crippen LogP contribution in [-0.4, -0.2) is 86.8 Å². The van der Waals surface area contributed by atoms with Gasteiger partial charge in [0.1, 0.15) is 0 Å². The fourth-order valence-corrected chi connectivity index (χ4v) is 5.00. The highest BCUT2D eigenvalue weighted by molar-refractivity contribution is 7.87. The minimum atomic E-state index is -3.58. The van der Waals surface area contributed by atoms with Crippen LogP contribution in [0.1, 0.15) is 24.8 Å². The minimum Gasteiger partial charge on any atom is -0.383 e. The lowest BCUT2D eigenvalue weighted by Crippen LogP contribution is -2.52. The number of amides is 2.